The molecular formula is C21H19N3O2S. The summed E-state index contributed by atoms with van der Waals surface area (Å²) in [6, 6.07) is 12.0. The number of pyridine rings is 1. The molecule has 3 heterocycles. The van der Waals surface area contributed by atoms with Crippen molar-refractivity contribution in [2.75, 3.05) is 0 Å². The standard InChI is InChI=1S/C21H19N3O2S/c1-13(2)17-18(21(25)26)24(20(23-17)15-7-4-9-22-11-15)12-16-6-3-5-14-8-10-27-19(14)16/h3-11,13H,12H2,1-2H3,(H,25,26). The van der Waals surface area contributed by atoms with Crippen LogP contribution in [0.25, 0.3) is 21.5 Å². The molecule has 0 spiro atoms. The van der Waals surface area contributed by atoms with Crippen LogP contribution < -0.4 is 0 Å². The highest BCUT2D eigenvalue weighted by Gasteiger charge is 2.25. The van der Waals surface area contributed by atoms with Gasteiger partial charge in [-0.05, 0) is 40.4 Å². The number of fused-ring (bicyclic) bond motifs is 1. The van der Waals surface area contributed by atoms with Gasteiger partial charge in [0, 0.05) is 22.7 Å². The Kier molecular flexibility index (Phi) is 4.49. The van der Waals surface area contributed by atoms with E-state index in [0.29, 0.717) is 18.1 Å². The number of carboxylic acids is 1. The highest BCUT2D eigenvalue weighted by Crippen LogP contribution is 2.30. The van der Waals surface area contributed by atoms with Gasteiger partial charge in [0.15, 0.2) is 5.69 Å². The number of nitrogens with zero attached hydrogens (tertiary/aromatic N) is 3. The summed E-state index contributed by atoms with van der Waals surface area (Å²) in [5, 5.41) is 13.2. The SMILES string of the molecule is CC(C)c1nc(-c2cccnc2)n(Cc2cccc3ccsc23)c1C(=O)O. The summed E-state index contributed by atoms with van der Waals surface area (Å²) >= 11 is 1.67. The highest BCUT2D eigenvalue weighted by atomic mass is 32.1. The lowest BCUT2D eigenvalue weighted by Crippen LogP contribution is -2.13. The van der Waals surface area contributed by atoms with Crippen LogP contribution in [-0.2, 0) is 6.54 Å². The number of hydrogen-bond acceptors (Lipinski definition) is 4. The fourth-order valence-corrected chi connectivity index (χ4v) is 4.23. The van der Waals surface area contributed by atoms with Gasteiger partial charge in [-0.1, -0.05) is 32.0 Å². The maximum atomic E-state index is 12.1. The van der Waals surface area contributed by atoms with Crippen LogP contribution in [-0.4, -0.2) is 25.6 Å². The third-order valence-corrected chi connectivity index (χ3v) is 5.56. The van der Waals surface area contributed by atoms with E-state index >= 15 is 0 Å². The fraction of sp³-hybridized carbons (Fsp3) is 0.190. The van der Waals surface area contributed by atoms with Crippen molar-refractivity contribution in [3.8, 4) is 11.4 Å². The minimum atomic E-state index is -0.959. The second kappa shape index (κ2) is 6.96. The molecule has 0 aliphatic carbocycles. The Balaban J connectivity index is 1.94. The van der Waals surface area contributed by atoms with Gasteiger partial charge in [-0.25, -0.2) is 9.78 Å². The fourth-order valence-electron chi connectivity index (χ4n) is 3.32. The molecule has 0 fully saturated rings. The lowest BCUT2D eigenvalue weighted by Gasteiger charge is -2.12. The summed E-state index contributed by atoms with van der Waals surface area (Å²) in [6.07, 6.45) is 3.42. The van der Waals surface area contributed by atoms with Gasteiger partial charge in [0.05, 0.1) is 12.2 Å². The molecule has 0 radical (unpaired) electrons. The number of benzene rings is 1. The van der Waals surface area contributed by atoms with Gasteiger partial charge in [-0.2, -0.15) is 0 Å². The first-order chi connectivity index (χ1) is 13.1. The van der Waals surface area contributed by atoms with Gasteiger partial charge in [-0.3, -0.25) is 4.98 Å². The first kappa shape index (κ1) is 17.4. The van der Waals surface area contributed by atoms with E-state index in [9.17, 15) is 9.90 Å². The number of thiophene rings is 1. The monoisotopic (exact) mass is 377 g/mol. The van der Waals surface area contributed by atoms with Crippen LogP contribution in [0.4, 0.5) is 0 Å². The maximum Gasteiger partial charge on any atom is 0.354 e. The third kappa shape index (κ3) is 3.13. The number of imidazole rings is 1. The van der Waals surface area contributed by atoms with Gasteiger partial charge in [-0.15, -0.1) is 11.3 Å². The van der Waals surface area contributed by atoms with Crippen molar-refractivity contribution in [1.82, 2.24) is 14.5 Å². The van der Waals surface area contributed by atoms with Crippen molar-refractivity contribution >= 4 is 27.4 Å². The minimum Gasteiger partial charge on any atom is -0.477 e. The topological polar surface area (TPSA) is 68.0 Å². The van der Waals surface area contributed by atoms with Crippen molar-refractivity contribution in [2.24, 2.45) is 0 Å². The number of rotatable bonds is 5. The van der Waals surface area contributed by atoms with Crippen LogP contribution >= 0.6 is 11.3 Å². The maximum absolute atomic E-state index is 12.1. The van der Waals surface area contributed by atoms with Crippen molar-refractivity contribution in [1.29, 1.82) is 0 Å². The second-order valence-electron chi connectivity index (χ2n) is 6.71. The van der Waals surface area contributed by atoms with Crippen LogP contribution in [0.5, 0.6) is 0 Å². The summed E-state index contributed by atoms with van der Waals surface area (Å²) < 4.78 is 2.98. The van der Waals surface area contributed by atoms with E-state index in [1.165, 1.54) is 10.1 Å². The lowest BCUT2D eigenvalue weighted by molar-refractivity contribution is 0.0684. The number of aromatic carboxylic acids is 1. The minimum absolute atomic E-state index is 0.00491. The average Bonchev–Trinajstić information content (AvgIpc) is 3.28. The van der Waals surface area contributed by atoms with E-state index < -0.39 is 5.97 Å². The lowest BCUT2D eigenvalue weighted by atomic mass is 10.1. The van der Waals surface area contributed by atoms with Gasteiger partial charge >= 0.3 is 5.97 Å². The van der Waals surface area contributed by atoms with Gasteiger partial charge in [0.2, 0.25) is 0 Å². The molecule has 4 aromatic rings. The molecule has 0 bridgehead atoms. The first-order valence-corrected chi connectivity index (χ1v) is 9.63. The predicted octanol–water partition coefficient (Wildman–Crippen LogP) is 5.03. The zero-order chi connectivity index (χ0) is 19.0. The summed E-state index contributed by atoms with van der Waals surface area (Å²) in [6.45, 7) is 4.38. The summed E-state index contributed by atoms with van der Waals surface area (Å²) in [4.78, 5) is 21.0. The van der Waals surface area contributed by atoms with Crippen LogP contribution in [0, 0.1) is 0 Å². The van der Waals surface area contributed by atoms with E-state index in [-0.39, 0.29) is 11.6 Å². The Hall–Kier alpha value is -2.99. The molecule has 1 N–H and O–H groups in total. The summed E-state index contributed by atoms with van der Waals surface area (Å²) in [5.74, 6) is -0.317. The molecule has 0 unspecified atom stereocenters. The van der Waals surface area contributed by atoms with E-state index in [1.54, 1.807) is 23.7 Å². The Morgan fingerprint density at radius 1 is 1.22 bits per heavy atom. The Bertz CT molecular complexity index is 1110. The molecule has 136 valence electrons. The van der Waals surface area contributed by atoms with E-state index in [2.05, 4.69) is 22.5 Å². The van der Waals surface area contributed by atoms with E-state index in [0.717, 1.165) is 11.1 Å². The van der Waals surface area contributed by atoms with Crippen LogP contribution in [0.1, 0.15) is 41.5 Å². The Morgan fingerprint density at radius 3 is 2.78 bits per heavy atom. The molecule has 0 atom stereocenters. The molecule has 5 nitrogen and oxygen atoms in total. The number of carboxylic acid groups (broad SMARTS) is 1. The summed E-state index contributed by atoms with van der Waals surface area (Å²) in [7, 11) is 0. The van der Waals surface area contributed by atoms with Gasteiger partial charge in [0.1, 0.15) is 5.82 Å². The van der Waals surface area contributed by atoms with Gasteiger partial charge < -0.3 is 9.67 Å². The number of aromatic nitrogens is 3. The van der Waals surface area contributed by atoms with Gasteiger partial charge in [0.25, 0.3) is 0 Å². The molecule has 0 amide bonds. The molecule has 27 heavy (non-hydrogen) atoms. The van der Waals surface area contributed by atoms with Crippen molar-refractivity contribution in [3.05, 3.63) is 71.1 Å². The van der Waals surface area contributed by atoms with Crippen molar-refractivity contribution in [3.63, 3.8) is 0 Å². The number of hydrogen-bond donors (Lipinski definition) is 1. The molecule has 0 aliphatic heterocycles. The molecule has 6 heteroatoms. The molecule has 0 saturated carbocycles. The molecule has 3 aromatic heterocycles. The smallest absolute Gasteiger partial charge is 0.354 e. The van der Waals surface area contributed by atoms with E-state index in [4.69, 9.17) is 4.98 Å². The molecule has 1 aromatic carbocycles. The quantitative estimate of drug-likeness (QED) is 0.530. The van der Waals surface area contributed by atoms with Crippen LogP contribution in [0.15, 0.2) is 54.2 Å². The van der Waals surface area contributed by atoms with Crippen LogP contribution in [0.2, 0.25) is 0 Å². The predicted molar refractivity (Wildman–Crippen MR) is 107 cm³/mol. The number of carbonyl (C=O) groups is 1. The third-order valence-electron chi connectivity index (χ3n) is 4.55. The van der Waals surface area contributed by atoms with Crippen LogP contribution in [0.3, 0.4) is 0 Å². The highest BCUT2D eigenvalue weighted by molar-refractivity contribution is 7.17. The molecule has 0 aliphatic rings. The molecular weight excluding hydrogens is 358 g/mol. The average molecular weight is 377 g/mol. The first-order valence-electron chi connectivity index (χ1n) is 8.75. The normalized spacial score (nSPS) is 11.4. The Morgan fingerprint density at radius 2 is 2.07 bits per heavy atom. The summed E-state index contributed by atoms with van der Waals surface area (Å²) in [5.41, 5.74) is 2.74. The zero-order valence-electron chi connectivity index (χ0n) is 15.1. The molecule has 4 rings (SSSR count). The Labute approximate surface area is 161 Å². The molecule has 0 saturated heterocycles. The zero-order valence-corrected chi connectivity index (χ0v) is 15.9. The largest absolute Gasteiger partial charge is 0.477 e. The van der Waals surface area contributed by atoms with Crippen molar-refractivity contribution in [2.45, 2.75) is 26.3 Å². The van der Waals surface area contributed by atoms with Crippen molar-refractivity contribution < 1.29 is 9.90 Å². The second-order valence-corrected chi connectivity index (χ2v) is 7.63. The van der Waals surface area contributed by atoms with E-state index in [1.807, 2.05) is 42.7 Å².